The van der Waals surface area contributed by atoms with Crippen LogP contribution in [0.25, 0.3) is 17.1 Å². The van der Waals surface area contributed by atoms with E-state index in [-0.39, 0.29) is 34.1 Å². The van der Waals surface area contributed by atoms with E-state index in [0.717, 1.165) is 6.07 Å². The van der Waals surface area contributed by atoms with Crippen molar-refractivity contribution < 1.29 is 22.4 Å². The van der Waals surface area contributed by atoms with Crippen molar-refractivity contribution >= 4 is 23.5 Å². The average Bonchev–Trinajstić information content (AvgIpc) is 3.05. The van der Waals surface area contributed by atoms with Gasteiger partial charge in [-0.25, -0.2) is 9.50 Å². The number of nitrogens with zero attached hydrogens (tertiary/aromatic N) is 3. The van der Waals surface area contributed by atoms with Crippen LogP contribution in [0.4, 0.5) is 13.2 Å². The van der Waals surface area contributed by atoms with Gasteiger partial charge in [-0.2, -0.15) is 18.3 Å². The normalized spacial score (nSPS) is 12.0. The predicted molar refractivity (Wildman–Crippen MR) is 66.1 cm³/mol. The SMILES string of the molecule is O=Cc1nn2c(C(F)(F)F)cc(-c3ccco3)nc2c1Cl. The first-order valence-electron chi connectivity index (χ1n) is 5.57. The largest absolute Gasteiger partial charge is 0.463 e. The lowest BCUT2D eigenvalue weighted by molar-refractivity contribution is -0.142. The van der Waals surface area contributed by atoms with Crippen molar-refractivity contribution in [3.8, 4) is 11.5 Å². The fourth-order valence-corrected chi connectivity index (χ4v) is 2.04. The van der Waals surface area contributed by atoms with Gasteiger partial charge in [-0.3, -0.25) is 4.79 Å². The molecule has 3 rings (SSSR count). The van der Waals surface area contributed by atoms with Crippen LogP contribution < -0.4 is 0 Å². The molecule has 0 radical (unpaired) electrons. The van der Waals surface area contributed by atoms with Crippen LogP contribution in [0.15, 0.2) is 28.9 Å². The molecule has 0 saturated carbocycles. The minimum Gasteiger partial charge on any atom is -0.463 e. The molecule has 0 N–H and O–H groups in total. The number of alkyl halides is 3. The number of furan rings is 1. The zero-order valence-electron chi connectivity index (χ0n) is 10.1. The van der Waals surface area contributed by atoms with Crippen LogP contribution in [-0.2, 0) is 6.18 Å². The summed E-state index contributed by atoms with van der Waals surface area (Å²) in [7, 11) is 0. The maximum Gasteiger partial charge on any atom is 0.433 e. The highest BCUT2D eigenvalue weighted by Gasteiger charge is 2.36. The summed E-state index contributed by atoms with van der Waals surface area (Å²) in [5, 5.41) is 3.28. The summed E-state index contributed by atoms with van der Waals surface area (Å²) in [6, 6.07) is 3.76. The van der Waals surface area contributed by atoms with Crippen LogP contribution in [0.3, 0.4) is 0 Å². The number of hydrogen-bond donors (Lipinski definition) is 0. The van der Waals surface area contributed by atoms with E-state index in [9.17, 15) is 18.0 Å². The highest BCUT2D eigenvalue weighted by atomic mass is 35.5. The summed E-state index contributed by atoms with van der Waals surface area (Å²) in [5.74, 6) is 0.146. The van der Waals surface area contributed by atoms with E-state index in [1.807, 2.05) is 0 Å². The molecule has 0 unspecified atom stereocenters. The lowest BCUT2D eigenvalue weighted by Gasteiger charge is -2.09. The van der Waals surface area contributed by atoms with Crippen molar-refractivity contribution in [3.63, 3.8) is 0 Å². The standard InChI is InChI=1S/C12H5ClF3N3O2/c13-10-7(5-20)18-19-9(12(14,15)16)4-6(17-11(10)19)8-2-1-3-21-8/h1-5H. The molecule has 0 fully saturated rings. The molecular formula is C12H5ClF3N3O2. The second-order valence-electron chi connectivity index (χ2n) is 4.05. The number of carbonyl (C=O) groups excluding carboxylic acids is 1. The summed E-state index contributed by atoms with van der Waals surface area (Å²) in [6.45, 7) is 0. The Bertz CT molecular complexity index is 824. The summed E-state index contributed by atoms with van der Waals surface area (Å²) >= 11 is 5.84. The first kappa shape index (κ1) is 13.6. The van der Waals surface area contributed by atoms with E-state index < -0.39 is 11.9 Å². The van der Waals surface area contributed by atoms with Crippen molar-refractivity contribution in [1.82, 2.24) is 14.6 Å². The third kappa shape index (κ3) is 2.17. The summed E-state index contributed by atoms with van der Waals surface area (Å²) in [6.07, 6.45) is -3.12. The van der Waals surface area contributed by atoms with Crippen LogP contribution in [0.2, 0.25) is 5.02 Å². The number of carbonyl (C=O) groups is 1. The Kier molecular flexibility index (Phi) is 2.98. The van der Waals surface area contributed by atoms with Crippen molar-refractivity contribution in [1.29, 1.82) is 0 Å². The third-order valence-corrected chi connectivity index (χ3v) is 3.10. The molecule has 3 heterocycles. The average molecular weight is 316 g/mol. The number of halogens is 4. The van der Waals surface area contributed by atoms with Gasteiger partial charge in [0, 0.05) is 0 Å². The van der Waals surface area contributed by atoms with Crippen LogP contribution in [0.5, 0.6) is 0 Å². The maximum absolute atomic E-state index is 13.1. The van der Waals surface area contributed by atoms with Gasteiger partial charge in [0.25, 0.3) is 0 Å². The molecule has 0 aliphatic carbocycles. The topological polar surface area (TPSA) is 60.4 Å². The summed E-state index contributed by atoms with van der Waals surface area (Å²) < 4.78 is 44.9. The highest BCUT2D eigenvalue weighted by Crippen LogP contribution is 2.34. The van der Waals surface area contributed by atoms with E-state index >= 15 is 0 Å². The van der Waals surface area contributed by atoms with Crippen LogP contribution in [-0.4, -0.2) is 20.9 Å². The molecule has 0 aromatic carbocycles. The molecule has 0 saturated heterocycles. The van der Waals surface area contributed by atoms with Crippen LogP contribution >= 0.6 is 11.6 Å². The lowest BCUT2D eigenvalue weighted by Crippen LogP contribution is -2.13. The fraction of sp³-hybridized carbons (Fsp3) is 0.0833. The van der Waals surface area contributed by atoms with Gasteiger partial charge in [-0.15, -0.1) is 0 Å². The molecule has 5 nitrogen and oxygen atoms in total. The summed E-state index contributed by atoms with van der Waals surface area (Å²) in [4.78, 5) is 14.8. The number of rotatable bonds is 2. The van der Waals surface area contributed by atoms with Crippen molar-refractivity contribution in [2.75, 3.05) is 0 Å². The Morgan fingerprint density at radius 2 is 2.14 bits per heavy atom. The van der Waals surface area contributed by atoms with E-state index in [0.29, 0.717) is 4.52 Å². The molecule has 21 heavy (non-hydrogen) atoms. The van der Waals surface area contributed by atoms with Gasteiger partial charge in [0.05, 0.1) is 6.26 Å². The predicted octanol–water partition coefficient (Wildman–Crippen LogP) is 3.47. The lowest BCUT2D eigenvalue weighted by atomic mass is 10.2. The van der Waals surface area contributed by atoms with E-state index in [1.54, 1.807) is 0 Å². The monoisotopic (exact) mass is 315 g/mol. The Morgan fingerprint density at radius 1 is 1.38 bits per heavy atom. The van der Waals surface area contributed by atoms with Gasteiger partial charge >= 0.3 is 6.18 Å². The Morgan fingerprint density at radius 3 is 2.71 bits per heavy atom. The van der Waals surface area contributed by atoms with Gasteiger partial charge in [0.15, 0.2) is 23.4 Å². The number of aromatic nitrogens is 3. The van der Waals surface area contributed by atoms with E-state index in [4.69, 9.17) is 16.0 Å². The Hall–Kier alpha value is -2.35. The Labute approximate surface area is 120 Å². The van der Waals surface area contributed by atoms with Crippen molar-refractivity contribution in [3.05, 3.63) is 40.9 Å². The minimum atomic E-state index is -4.70. The molecule has 0 amide bonds. The van der Waals surface area contributed by atoms with Gasteiger partial charge in [-0.1, -0.05) is 11.6 Å². The molecular weight excluding hydrogens is 311 g/mol. The van der Waals surface area contributed by atoms with Gasteiger partial charge in [-0.05, 0) is 18.2 Å². The van der Waals surface area contributed by atoms with Crippen molar-refractivity contribution in [2.45, 2.75) is 6.18 Å². The molecule has 0 bridgehead atoms. The fourth-order valence-electron chi connectivity index (χ4n) is 1.84. The number of hydrogen-bond acceptors (Lipinski definition) is 4. The molecule has 0 atom stereocenters. The highest BCUT2D eigenvalue weighted by molar-refractivity contribution is 6.35. The van der Waals surface area contributed by atoms with Crippen LogP contribution in [0, 0.1) is 0 Å². The number of aldehydes is 1. The quantitative estimate of drug-likeness (QED) is 0.679. The van der Waals surface area contributed by atoms with Gasteiger partial charge in [0.2, 0.25) is 0 Å². The van der Waals surface area contributed by atoms with Crippen molar-refractivity contribution in [2.24, 2.45) is 0 Å². The molecule has 0 aliphatic rings. The maximum atomic E-state index is 13.1. The molecule has 0 spiro atoms. The minimum absolute atomic E-state index is 0.0564. The molecule has 3 aromatic heterocycles. The van der Waals surface area contributed by atoms with Gasteiger partial charge < -0.3 is 4.42 Å². The first-order valence-corrected chi connectivity index (χ1v) is 5.95. The molecule has 9 heteroatoms. The second kappa shape index (κ2) is 4.59. The molecule has 3 aromatic rings. The van der Waals surface area contributed by atoms with E-state index in [1.165, 1.54) is 18.4 Å². The zero-order chi connectivity index (χ0) is 15.2. The molecule has 108 valence electrons. The summed E-state index contributed by atoms with van der Waals surface area (Å²) in [5.41, 5.74) is -1.74. The second-order valence-corrected chi connectivity index (χ2v) is 4.43. The smallest absolute Gasteiger partial charge is 0.433 e. The molecule has 0 aliphatic heterocycles. The third-order valence-electron chi connectivity index (χ3n) is 2.73. The Balaban J connectivity index is 2.39. The van der Waals surface area contributed by atoms with Crippen LogP contribution in [0.1, 0.15) is 16.2 Å². The number of fused-ring (bicyclic) bond motifs is 1. The zero-order valence-corrected chi connectivity index (χ0v) is 10.8. The van der Waals surface area contributed by atoms with Gasteiger partial charge in [0.1, 0.15) is 16.4 Å². The van der Waals surface area contributed by atoms with E-state index in [2.05, 4.69) is 10.1 Å². The first-order chi connectivity index (χ1) is 9.91.